The van der Waals surface area contributed by atoms with Crippen LogP contribution in [0.15, 0.2) is 30.5 Å². The molecule has 0 aromatic heterocycles. The highest BCUT2D eigenvalue weighted by Crippen LogP contribution is 2.30. The summed E-state index contributed by atoms with van der Waals surface area (Å²) in [6, 6.07) is 4.93. The number of ketones is 1. The molecule has 1 N–H and O–H groups in total. The molecule has 0 amide bonds. The van der Waals surface area contributed by atoms with Gasteiger partial charge in [0.1, 0.15) is 13.2 Å². The number of aliphatic hydroxyl groups is 1. The second-order valence-corrected chi connectivity index (χ2v) is 3.04. The van der Waals surface area contributed by atoms with E-state index in [-0.39, 0.29) is 5.78 Å². The number of rotatable bonds is 2. The lowest BCUT2D eigenvalue weighted by Crippen LogP contribution is -2.15. The van der Waals surface area contributed by atoms with Crippen molar-refractivity contribution >= 4 is 5.78 Å². The monoisotopic (exact) mass is 206 g/mol. The van der Waals surface area contributed by atoms with Crippen molar-refractivity contribution in [2.24, 2.45) is 0 Å². The summed E-state index contributed by atoms with van der Waals surface area (Å²) in [5.41, 5.74) is 0.463. The van der Waals surface area contributed by atoms with Gasteiger partial charge in [0.25, 0.3) is 0 Å². The Bertz CT molecular complexity index is 409. The van der Waals surface area contributed by atoms with Crippen LogP contribution in [-0.4, -0.2) is 24.1 Å². The van der Waals surface area contributed by atoms with Crippen LogP contribution in [0.5, 0.6) is 11.5 Å². The first kappa shape index (κ1) is 9.58. The topological polar surface area (TPSA) is 55.8 Å². The zero-order valence-corrected chi connectivity index (χ0v) is 7.97. The fourth-order valence-corrected chi connectivity index (χ4v) is 1.36. The number of fused-ring (bicyclic) bond motifs is 1. The van der Waals surface area contributed by atoms with Gasteiger partial charge in [-0.05, 0) is 18.2 Å². The second kappa shape index (κ2) is 4.04. The lowest BCUT2D eigenvalue weighted by Gasteiger charge is -2.18. The smallest absolute Gasteiger partial charge is 0.189 e. The maximum absolute atomic E-state index is 11.4. The van der Waals surface area contributed by atoms with Crippen LogP contribution in [0.3, 0.4) is 0 Å². The Morgan fingerprint density at radius 1 is 1.27 bits per heavy atom. The molecule has 78 valence electrons. The third kappa shape index (κ3) is 1.93. The number of aliphatic hydroxyl groups excluding tert-OH is 1. The molecule has 1 aliphatic heterocycles. The Morgan fingerprint density at radius 2 is 2.00 bits per heavy atom. The predicted octanol–water partition coefficient (Wildman–Crippen LogP) is 1.71. The highest BCUT2D eigenvalue weighted by molar-refractivity contribution is 6.04. The van der Waals surface area contributed by atoms with Crippen molar-refractivity contribution < 1.29 is 19.4 Å². The summed E-state index contributed by atoms with van der Waals surface area (Å²) in [6.45, 7) is 1.01. The van der Waals surface area contributed by atoms with Crippen molar-refractivity contribution in [3.8, 4) is 11.5 Å². The molecule has 1 aliphatic rings. The first-order valence-corrected chi connectivity index (χ1v) is 4.56. The molecule has 4 nitrogen and oxygen atoms in total. The predicted molar refractivity (Wildman–Crippen MR) is 53.5 cm³/mol. The van der Waals surface area contributed by atoms with Gasteiger partial charge >= 0.3 is 0 Å². The van der Waals surface area contributed by atoms with Crippen molar-refractivity contribution in [2.75, 3.05) is 13.2 Å². The molecule has 0 fully saturated rings. The molecule has 0 aliphatic carbocycles. The molecule has 0 bridgehead atoms. The van der Waals surface area contributed by atoms with Gasteiger partial charge in [-0.15, -0.1) is 0 Å². The summed E-state index contributed by atoms with van der Waals surface area (Å²) in [4.78, 5) is 11.4. The van der Waals surface area contributed by atoms with E-state index >= 15 is 0 Å². The Kier molecular flexibility index (Phi) is 2.58. The Labute approximate surface area is 86.7 Å². The normalized spacial score (nSPS) is 14.1. The molecule has 0 saturated heterocycles. The van der Waals surface area contributed by atoms with Crippen molar-refractivity contribution in [3.05, 3.63) is 36.1 Å². The van der Waals surface area contributed by atoms with Gasteiger partial charge in [-0.25, -0.2) is 0 Å². The number of carbonyl (C=O) groups is 1. The molecular formula is C11H10O4. The molecular weight excluding hydrogens is 196 g/mol. The fourth-order valence-electron chi connectivity index (χ4n) is 1.36. The van der Waals surface area contributed by atoms with E-state index in [4.69, 9.17) is 14.6 Å². The molecule has 0 unspecified atom stereocenters. The van der Waals surface area contributed by atoms with Crippen LogP contribution in [0.4, 0.5) is 0 Å². The van der Waals surface area contributed by atoms with Gasteiger partial charge in [0, 0.05) is 11.6 Å². The Hall–Kier alpha value is -1.97. The van der Waals surface area contributed by atoms with Gasteiger partial charge in [-0.3, -0.25) is 4.79 Å². The van der Waals surface area contributed by atoms with E-state index in [9.17, 15) is 4.79 Å². The van der Waals surface area contributed by atoms with E-state index in [0.717, 1.165) is 12.3 Å². The number of hydrogen-bond acceptors (Lipinski definition) is 4. The van der Waals surface area contributed by atoms with Crippen LogP contribution in [-0.2, 0) is 0 Å². The van der Waals surface area contributed by atoms with Gasteiger partial charge in [-0.2, -0.15) is 0 Å². The lowest BCUT2D eigenvalue weighted by atomic mass is 10.1. The van der Waals surface area contributed by atoms with Gasteiger partial charge in [-0.1, -0.05) is 0 Å². The van der Waals surface area contributed by atoms with Crippen molar-refractivity contribution in [1.82, 2.24) is 0 Å². The van der Waals surface area contributed by atoms with Crippen LogP contribution in [0.2, 0.25) is 0 Å². The van der Waals surface area contributed by atoms with Gasteiger partial charge in [0.15, 0.2) is 17.3 Å². The number of hydrogen-bond donors (Lipinski definition) is 1. The first-order valence-electron chi connectivity index (χ1n) is 4.56. The van der Waals surface area contributed by atoms with E-state index in [1.165, 1.54) is 0 Å². The molecule has 0 saturated carbocycles. The summed E-state index contributed by atoms with van der Waals surface area (Å²) >= 11 is 0. The van der Waals surface area contributed by atoms with E-state index in [2.05, 4.69) is 0 Å². The Balaban J connectivity index is 2.31. The largest absolute Gasteiger partial charge is 0.515 e. The molecule has 1 aromatic rings. The Morgan fingerprint density at radius 3 is 2.73 bits per heavy atom. The number of carbonyl (C=O) groups excluding carboxylic acids is 1. The number of benzene rings is 1. The molecule has 0 atom stereocenters. The summed E-state index contributed by atoms with van der Waals surface area (Å²) in [6.07, 6.45) is 1.81. The third-order valence-electron chi connectivity index (χ3n) is 2.05. The van der Waals surface area contributed by atoms with E-state index in [0.29, 0.717) is 30.3 Å². The molecule has 0 radical (unpaired) electrons. The molecule has 1 aromatic carbocycles. The molecule has 4 heteroatoms. The highest BCUT2D eigenvalue weighted by atomic mass is 16.6. The van der Waals surface area contributed by atoms with Gasteiger partial charge < -0.3 is 14.6 Å². The third-order valence-corrected chi connectivity index (χ3v) is 2.05. The molecule has 15 heavy (non-hydrogen) atoms. The molecule has 1 heterocycles. The SMILES string of the molecule is O=C(C=CO)c1ccc2c(c1)OCCO2. The standard InChI is InChI=1S/C11H10O4/c12-4-3-9(13)8-1-2-10-11(7-8)15-6-5-14-10/h1-4,7,12H,5-6H2. The maximum atomic E-state index is 11.4. The number of allylic oxidation sites excluding steroid dienone is 1. The molecule has 0 spiro atoms. The van der Waals surface area contributed by atoms with E-state index in [1.807, 2.05) is 0 Å². The first-order chi connectivity index (χ1) is 7.31. The average molecular weight is 206 g/mol. The minimum Gasteiger partial charge on any atom is -0.515 e. The fraction of sp³-hybridized carbons (Fsp3) is 0.182. The zero-order chi connectivity index (χ0) is 10.7. The quantitative estimate of drug-likeness (QED) is 0.454. The summed E-state index contributed by atoms with van der Waals surface area (Å²) < 4.78 is 10.6. The lowest BCUT2D eigenvalue weighted by molar-refractivity contribution is 0.104. The summed E-state index contributed by atoms with van der Waals surface area (Å²) in [7, 11) is 0. The zero-order valence-electron chi connectivity index (χ0n) is 7.97. The summed E-state index contributed by atoms with van der Waals surface area (Å²) in [5.74, 6) is 0.943. The van der Waals surface area contributed by atoms with Crippen molar-refractivity contribution in [3.63, 3.8) is 0 Å². The minimum absolute atomic E-state index is 0.269. The average Bonchev–Trinajstić information content (AvgIpc) is 2.29. The van der Waals surface area contributed by atoms with Crippen LogP contribution < -0.4 is 9.47 Å². The van der Waals surface area contributed by atoms with Crippen molar-refractivity contribution in [2.45, 2.75) is 0 Å². The highest BCUT2D eigenvalue weighted by Gasteiger charge is 2.13. The van der Waals surface area contributed by atoms with Gasteiger partial charge in [0.05, 0.1) is 6.26 Å². The van der Waals surface area contributed by atoms with Crippen LogP contribution in [0, 0.1) is 0 Å². The van der Waals surface area contributed by atoms with E-state index < -0.39 is 0 Å². The molecule has 2 rings (SSSR count). The summed E-state index contributed by atoms with van der Waals surface area (Å²) in [5, 5.41) is 8.48. The van der Waals surface area contributed by atoms with Gasteiger partial charge in [0.2, 0.25) is 0 Å². The van der Waals surface area contributed by atoms with Crippen LogP contribution >= 0.6 is 0 Å². The van der Waals surface area contributed by atoms with Crippen LogP contribution in [0.1, 0.15) is 10.4 Å². The minimum atomic E-state index is -0.269. The van der Waals surface area contributed by atoms with Crippen LogP contribution in [0.25, 0.3) is 0 Å². The second-order valence-electron chi connectivity index (χ2n) is 3.04. The van der Waals surface area contributed by atoms with Crippen molar-refractivity contribution in [1.29, 1.82) is 0 Å². The number of ether oxygens (including phenoxy) is 2. The maximum Gasteiger partial charge on any atom is 0.189 e. The van der Waals surface area contributed by atoms with E-state index in [1.54, 1.807) is 18.2 Å².